The summed E-state index contributed by atoms with van der Waals surface area (Å²) in [6.45, 7) is 4.32. The molecule has 0 unspecified atom stereocenters. The first-order valence-corrected chi connectivity index (χ1v) is 10.0. The number of sulfone groups is 1. The van der Waals surface area contributed by atoms with Crippen LogP contribution in [0.2, 0.25) is 0 Å². The summed E-state index contributed by atoms with van der Waals surface area (Å²) in [5.41, 5.74) is 2.02. The lowest BCUT2D eigenvalue weighted by molar-refractivity contribution is 0.259. The maximum absolute atomic E-state index is 12.9. The number of benzene rings is 1. The molecule has 0 fully saturated rings. The summed E-state index contributed by atoms with van der Waals surface area (Å²) in [6.07, 6.45) is 6.05. The number of aryl methyl sites for hydroxylation is 1. The van der Waals surface area contributed by atoms with Gasteiger partial charge in [-0.2, -0.15) is 0 Å². The van der Waals surface area contributed by atoms with Gasteiger partial charge >= 0.3 is 0 Å². The number of hydrogen-bond acceptors (Lipinski definition) is 3. The van der Waals surface area contributed by atoms with Crippen molar-refractivity contribution in [2.24, 2.45) is 5.41 Å². The predicted octanol–water partition coefficient (Wildman–Crippen LogP) is 4.06. The Kier molecular flexibility index (Phi) is 5.21. The molecule has 1 aliphatic heterocycles. The van der Waals surface area contributed by atoms with Crippen LogP contribution in [0.5, 0.6) is 0 Å². The smallest absolute Gasteiger partial charge is 0.179 e. The van der Waals surface area contributed by atoms with Crippen LogP contribution in [0, 0.1) is 5.41 Å². The average Bonchev–Trinajstić information content (AvgIpc) is 2.60. The highest BCUT2D eigenvalue weighted by Crippen LogP contribution is 2.41. The van der Waals surface area contributed by atoms with Crippen molar-refractivity contribution in [2.75, 3.05) is 24.7 Å². The van der Waals surface area contributed by atoms with Gasteiger partial charge in [0, 0.05) is 19.8 Å². The van der Waals surface area contributed by atoms with Gasteiger partial charge in [-0.3, -0.25) is 0 Å². The molecule has 1 atom stereocenters. The standard InChI is InChI=1S/C18H29NO2S/c1-5-7-11-18(6-2)12-10-15-13-16(19(3)4)8-9-17(15)22(20,21)14-18/h8-9,13H,5-7,10-12,14H2,1-4H3/t18-/m0/s1. The van der Waals surface area contributed by atoms with E-state index < -0.39 is 9.84 Å². The summed E-state index contributed by atoms with van der Waals surface area (Å²) in [5, 5.41) is 0. The molecule has 2 rings (SSSR count). The lowest BCUT2D eigenvalue weighted by Gasteiger charge is -2.31. The molecule has 1 heterocycles. The third kappa shape index (κ3) is 3.48. The first kappa shape index (κ1) is 17.3. The molecule has 0 aliphatic carbocycles. The molecule has 0 bridgehead atoms. The first-order chi connectivity index (χ1) is 10.3. The molecule has 0 N–H and O–H groups in total. The van der Waals surface area contributed by atoms with E-state index in [-0.39, 0.29) is 5.41 Å². The topological polar surface area (TPSA) is 37.4 Å². The van der Waals surface area contributed by atoms with Gasteiger partial charge in [-0.1, -0.05) is 26.7 Å². The SMILES string of the molecule is CCCC[C@@]1(CC)CCc2cc(N(C)C)ccc2S(=O)(=O)C1. The van der Waals surface area contributed by atoms with Crippen LogP contribution < -0.4 is 4.90 Å². The van der Waals surface area contributed by atoms with Crippen molar-refractivity contribution in [3.8, 4) is 0 Å². The minimum atomic E-state index is -3.19. The van der Waals surface area contributed by atoms with Crippen LogP contribution in [-0.4, -0.2) is 28.3 Å². The van der Waals surface area contributed by atoms with Crippen molar-refractivity contribution in [1.29, 1.82) is 0 Å². The molecule has 0 saturated carbocycles. The average molecular weight is 324 g/mol. The molecule has 124 valence electrons. The summed E-state index contributed by atoms with van der Waals surface area (Å²) in [5.74, 6) is 0.310. The molecule has 1 aromatic carbocycles. The zero-order chi connectivity index (χ0) is 16.4. The normalized spacial score (nSPS) is 23.6. The Labute approximate surface area is 135 Å². The fourth-order valence-corrected chi connectivity index (χ4v) is 5.79. The van der Waals surface area contributed by atoms with Gasteiger partial charge in [-0.15, -0.1) is 0 Å². The fourth-order valence-electron chi connectivity index (χ4n) is 3.50. The molecule has 22 heavy (non-hydrogen) atoms. The highest BCUT2D eigenvalue weighted by atomic mass is 32.2. The van der Waals surface area contributed by atoms with Crippen LogP contribution in [0.1, 0.15) is 51.5 Å². The van der Waals surface area contributed by atoms with E-state index in [2.05, 4.69) is 19.9 Å². The van der Waals surface area contributed by atoms with E-state index in [0.29, 0.717) is 10.6 Å². The van der Waals surface area contributed by atoms with Gasteiger partial charge < -0.3 is 4.90 Å². The largest absolute Gasteiger partial charge is 0.378 e. The zero-order valence-electron chi connectivity index (χ0n) is 14.4. The highest BCUT2D eigenvalue weighted by molar-refractivity contribution is 7.91. The Morgan fingerprint density at radius 3 is 2.55 bits per heavy atom. The molecule has 4 heteroatoms. The molecular formula is C18H29NO2S. The summed E-state index contributed by atoms with van der Waals surface area (Å²) < 4.78 is 25.8. The van der Waals surface area contributed by atoms with E-state index in [1.807, 2.05) is 31.1 Å². The molecule has 1 aromatic rings. The van der Waals surface area contributed by atoms with E-state index in [9.17, 15) is 8.42 Å². The molecule has 0 radical (unpaired) electrons. The van der Waals surface area contributed by atoms with Crippen LogP contribution in [0.25, 0.3) is 0 Å². The summed E-state index contributed by atoms with van der Waals surface area (Å²) in [6, 6.07) is 5.78. The van der Waals surface area contributed by atoms with Gasteiger partial charge in [0.2, 0.25) is 0 Å². The van der Waals surface area contributed by atoms with Crippen molar-refractivity contribution < 1.29 is 8.42 Å². The van der Waals surface area contributed by atoms with E-state index >= 15 is 0 Å². The minimum Gasteiger partial charge on any atom is -0.378 e. The molecule has 0 spiro atoms. The second-order valence-electron chi connectivity index (χ2n) is 6.90. The van der Waals surface area contributed by atoms with Gasteiger partial charge in [0.25, 0.3) is 0 Å². The van der Waals surface area contributed by atoms with Crippen LogP contribution in [-0.2, 0) is 16.3 Å². The van der Waals surface area contributed by atoms with E-state index in [1.165, 1.54) is 0 Å². The van der Waals surface area contributed by atoms with Crippen LogP contribution >= 0.6 is 0 Å². The van der Waals surface area contributed by atoms with Crippen molar-refractivity contribution in [1.82, 2.24) is 0 Å². The molecule has 3 nitrogen and oxygen atoms in total. The van der Waals surface area contributed by atoms with Crippen molar-refractivity contribution in [2.45, 2.75) is 57.3 Å². The monoisotopic (exact) mass is 323 g/mol. The van der Waals surface area contributed by atoms with Crippen molar-refractivity contribution >= 4 is 15.5 Å². The number of anilines is 1. The van der Waals surface area contributed by atoms with E-state index in [0.717, 1.165) is 49.8 Å². The summed E-state index contributed by atoms with van der Waals surface area (Å²) in [7, 11) is 0.792. The number of nitrogens with zero attached hydrogens (tertiary/aromatic N) is 1. The van der Waals surface area contributed by atoms with Crippen LogP contribution in [0.3, 0.4) is 0 Å². The Morgan fingerprint density at radius 2 is 1.95 bits per heavy atom. The van der Waals surface area contributed by atoms with Gasteiger partial charge in [-0.05, 0) is 54.9 Å². The van der Waals surface area contributed by atoms with E-state index in [4.69, 9.17) is 0 Å². The van der Waals surface area contributed by atoms with Gasteiger partial charge in [0.15, 0.2) is 9.84 Å². The van der Waals surface area contributed by atoms with Crippen LogP contribution in [0.15, 0.2) is 23.1 Å². The summed E-state index contributed by atoms with van der Waals surface area (Å²) in [4.78, 5) is 2.59. The lowest BCUT2D eigenvalue weighted by atomic mass is 9.77. The van der Waals surface area contributed by atoms with Crippen molar-refractivity contribution in [3.63, 3.8) is 0 Å². The zero-order valence-corrected chi connectivity index (χ0v) is 15.2. The van der Waals surface area contributed by atoms with Crippen LogP contribution in [0.4, 0.5) is 5.69 Å². The van der Waals surface area contributed by atoms with Gasteiger partial charge in [-0.25, -0.2) is 8.42 Å². The second-order valence-corrected chi connectivity index (χ2v) is 8.86. The maximum Gasteiger partial charge on any atom is 0.179 e. The first-order valence-electron chi connectivity index (χ1n) is 8.36. The summed E-state index contributed by atoms with van der Waals surface area (Å²) >= 11 is 0. The van der Waals surface area contributed by atoms with Gasteiger partial charge in [0.05, 0.1) is 10.6 Å². The number of unbranched alkanes of at least 4 members (excludes halogenated alkanes) is 1. The third-order valence-corrected chi connectivity index (χ3v) is 7.19. The third-order valence-electron chi connectivity index (χ3n) is 5.13. The molecule has 0 saturated heterocycles. The fraction of sp³-hybridized carbons (Fsp3) is 0.667. The Hall–Kier alpha value is -1.03. The highest BCUT2D eigenvalue weighted by Gasteiger charge is 2.37. The number of hydrogen-bond donors (Lipinski definition) is 0. The minimum absolute atomic E-state index is 0.0495. The van der Waals surface area contributed by atoms with Crippen molar-refractivity contribution in [3.05, 3.63) is 23.8 Å². The number of rotatable bonds is 5. The maximum atomic E-state index is 12.9. The predicted molar refractivity (Wildman–Crippen MR) is 93.4 cm³/mol. The molecular weight excluding hydrogens is 294 g/mol. The van der Waals surface area contributed by atoms with E-state index in [1.54, 1.807) is 0 Å². The van der Waals surface area contributed by atoms with Gasteiger partial charge in [0.1, 0.15) is 0 Å². The Morgan fingerprint density at radius 1 is 1.23 bits per heavy atom. The Bertz CT molecular complexity index is 622. The Balaban J connectivity index is 2.42. The molecule has 1 aliphatic rings. The quantitative estimate of drug-likeness (QED) is 0.820. The number of fused-ring (bicyclic) bond motifs is 1. The second kappa shape index (κ2) is 6.61. The lowest BCUT2D eigenvalue weighted by Crippen LogP contribution is -2.28. The molecule has 0 aromatic heterocycles. The molecule has 0 amide bonds.